The van der Waals surface area contributed by atoms with Crippen molar-refractivity contribution in [1.29, 1.82) is 0 Å². The van der Waals surface area contributed by atoms with E-state index in [4.69, 9.17) is 21.6 Å². The van der Waals surface area contributed by atoms with Gasteiger partial charge in [0.25, 0.3) is 0 Å². The summed E-state index contributed by atoms with van der Waals surface area (Å²) in [5.74, 6) is 0.975. The van der Waals surface area contributed by atoms with E-state index in [9.17, 15) is 0 Å². The molecule has 0 radical (unpaired) electrons. The average molecular weight is 305 g/mol. The fourth-order valence-electron chi connectivity index (χ4n) is 4.05. The number of nitrogens with zero attached hydrogens (tertiary/aromatic N) is 4. The van der Waals surface area contributed by atoms with Crippen LogP contribution >= 0.6 is 11.6 Å². The number of aryl methyl sites for hydroxylation is 1. The van der Waals surface area contributed by atoms with Crippen molar-refractivity contribution in [3.05, 3.63) is 23.7 Å². The maximum atomic E-state index is 6.42. The topological polar surface area (TPSA) is 34.0 Å². The molecule has 0 aromatic carbocycles. The molecule has 3 unspecified atom stereocenters. The standard InChI is InChI=1S/C16H21ClN4/c1-10-5-6-12-16(18-10)21(15(19-12)11(2)17)14-7-9-20-8-3-4-13(14)20/h5-6,11,13-14H,3-4,7-9H2,1-2H3. The molecule has 2 fully saturated rings. The Labute approximate surface area is 130 Å². The third kappa shape index (κ3) is 2.08. The van der Waals surface area contributed by atoms with E-state index in [1.165, 1.54) is 32.4 Å². The highest BCUT2D eigenvalue weighted by molar-refractivity contribution is 6.20. The molecule has 4 heterocycles. The van der Waals surface area contributed by atoms with Crippen LogP contribution in [0.3, 0.4) is 0 Å². The second kappa shape index (κ2) is 4.96. The van der Waals surface area contributed by atoms with Crippen LogP contribution < -0.4 is 0 Å². The van der Waals surface area contributed by atoms with E-state index in [-0.39, 0.29) is 5.38 Å². The number of aromatic nitrogens is 3. The molecule has 2 aromatic rings. The normalized spacial score (nSPS) is 27.4. The lowest BCUT2D eigenvalue weighted by Gasteiger charge is -2.24. The lowest BCUT2D eigenvalue weighted by Crippen LogP contribution is -2.28. The van der Waals surface area contributed by atoms with Crippen LogP contribution in [0.2, 0.25) is 0 Å². The largest absolute Gasteiger partial charge is 0.307 e. The van der Waals surface area contributed by atoms with E-state index in [0.717, 1.165) is 22.7 Å². The zero-order chi connectivity index (χ0) is 14.6. The Morgan fingerprint density at radius 3 is 2.86 bits per heavy atom. The van der Waals surface area contributed by atoms with Gasteiger partial charge in [-0.25, -0.2) is 9.97 Å². The molecule has 0 spiro atoms. The maximum Gasteiger partial charge on any atom is 0.160 e. The van der Waals surface area contributed by atoms with E-state index in [1.54, 1.807) is 0 Å². The molecule has 2 aliphatic rings. The summed E-state index contributed by atoms with van der Waals surface area (Å²) in [6, 6.07) is 5.21. The van der Waals surface area contributed by atoms with Crippen LogP contribution in [0.5, 0.6) is 0 Å². The Morgan fingerprint density at radius 2 is 2.05 bits per heavy atom. The van der Waals surface area contributed by atoms with Gasteiger partial charge in [0, 0.05) is 18.3 Å². The molecule has 0 bridgehead atoms. The van der Waals surface area contributed by atoms with Crippen LogP contribution in [-0.4, -0.2) is 38.6 Å². The zero-order valence-corrected chi connectivity index (χ0v) is 13.3. The molecule has 0 amide bonds. The number of imidazole rings is 1. The Bertz CT molecular complexity index is 678. The first kappa shape index (κ1) is 13.5. The molecule has 0 aliphatic carbocycles. The van der Waals surface area contributed by atoms with Gasteiger partial charge < -0.3 is 4.57 Å². The first-order valence-corrected chi connectivity index (χ1v) is 8.32. The van der Waals surface area contributed by atoms with Gasteiger partial charge in [-0.05, 0) is 51.8 Å². The summed E-state index contributed by atoms with van der Waals surface area (Å²) in [6.45, 7) is 6.48. The van der Waals surface area contributed by atoms with Crippen molar-refractivity contribution >= 4 is 22.8 Å². The summed E-state index contributed by atoms with van der Waals surface area (Å²) in [7, 11) is 0. The minimum Gasteiger partial charge on any atom is -0.307 e. The van der Waals surface area contributed by atoms with Gasteiger partial charge in [-0.2, -0.15) is 0 Å². The summed E-state index contributed by atoms with van der Waals surface area (Å²) in [5.41, 5.74) is 3.02. The third-order valence-electron chi connectivity index (χ3n) is 4.96. The van der Waals surface area contributed by atoms with E-state index in [2.05, 4.69) is 15.5 Å². The number of alkyl halides is 1. The van der Waals surface area contributed by atoms with Gasteiger partial charge in [0.05, 0.1) is 11.4 Å². The van der Waals surface area contributed by atoms with Gasteiger partial charge in [-0.1, -0.05) is 0 Å². The Balaban J connectivity index is 1.89. The molecule has 4 nitrogen and oxygen atoms in total. The lowest BCUT2D eigenvalue weighted by molar-refractivity contribution is 0.289. The molecule has 2 aromatic heterocycles. The Hall–Kier alpha value is -1.13. The minimum absolute atomic E-state index is 0.0880. The fraction of sp³-hybridized carbons (Fsp3) is 0.625. The van der Waals surface area contributed by atoms with Crippen LogP contribution in [0, 0.1) is 6.92 Å². The summed E-state index contributed by atoms with van der Waals surface area (Å²) >= 11 is 6.42. The van der Waals surface area contributed by atoms with Crippen LogP contribution in [0.4, 0.5) is 0 Å². The monoisotopic (exact) mass is 304 g/mol. The number of halogens is 1. The van der Waals surface area contributed by atoms with E-state index in [0.29, 0.717) is 12.1 Å². The van der Waals surface area contributed by atoms with Crippen LogP contribution in [0.25, 0.3) is 11.2 Å². The van der Waals surface area contributed by atoms with Gasteiger partial charge in [-0.3, -0.25) is 4.90 Å². The molecule has 21 heavy (non-hydrogen) atoms. The van der Waals surface area contributed by atoms with Crippen molar-refractivity contribution in [2.45, 2.75) is 50.6 Å². The van der Waals surface area contributed by atoms with Crippen molar-refractivity contribution in [1.82, 2.24) is 19.4 Å². The van der Waals surface area contributed by atoms with Gasteiger partial charge >= 0.3 is 0 Å². The van der Waals surface area contributed by atoms with Crippen LogP contribution in [0.15, 0.2) is 12.1 Å². The maximum absolute atomic E-state index is 6.42. The summed E-state index contributed by atoms with van der Waals surface area (Å²) in [6.07, 6.45) is 3.78. The number of pyridine rings is 1. The van der Waals surface area contributed by atoms with E-state index < -0.39 is 0 Å². The highest BCUT2D eigenvalue weighted by atomic mass is 35.5. The van der Waals surface area contributed by atoms with Crippen molar-refractivity contribution in [3.63, 3.8) is 0 Å². The van der Waals surface area contributed by atoms with Crippen molar-refractivity contribution in [3.8, 4) is 0 Å². The summed E-state index contributed by atoms with van der Waals surface area (Å²) < 4.78 is 2.34. The smallest absolute Gasteiger partial charge is 0.160 e. The van der Waals surface area contributed by atoms with E-state index >= 15 is 0 Å². The minimum atomic E-state index is -0.0880. The average Bonchev–Trinajstić information content (AvgIpc) is 3.10. The van der Waals surface area contributed by atoms with Gasteiger partial charge in [-0.15, -0.1) is 11.6 Å². The third-order valence-corrected chi connectivity index (χ3v) is 5.16. The highest BCUT2D eigenvalue weighted by Gasteiger charge is 2.40. The fourth-order valence-corrected chi connectivity index (χ4v) is 4.20. The van der Waals surface area contributed by atoms with E-state index in [1.807, 2.05) is 19.9 Å². The summed E-state index contributed by atoms with van der Waals surface area (Å²) in [4.78, 5) is 12.1. The molecule has 4 rings (SSSR count). The van der Waals surface area contributed by atoms with Crippen molar-refractivity contribution < 1.29 is 0 Å². The van der Waals surface area contributed by atoms with Crippen LogP contribution in [0.1, 0.15) is 49.1 Å². The predicted octanol–water partition coefficient (Wildman–Crippen LogP) is 3.45. The van der Waals surface area contributed by atoms with Gasteiger partial charge in [0.1, 0.15) is 11.3 Å². The molecule has 2 saturated heterocycles. The molecule has 112 valence electrons. The molecule has 0 saturated carbocycles. The van der Waals surface area contributed by atoms with Crippen molar-refractivity contribution in [2.75, 3.05) is 13.1 Å². The highest BCUT2D eigenvalue weighted by Crippen LogP contribution is 2.39. The molecule has 2 aliphatic heterocycles. The zero-order valence-electron chi connectivity index (χ0n) is 12.6. The molecular formula is C16H21ClN4. The second-order valence-corrected chi connectivity index (χ2v) is 7.01. The number of fused-ring (bicyclic) bond motifs is 2. The molecule has 3 atom stereocenters. The lowest BCUT2D eigenvalue weighted by atomic mass is 10.1. The van der Waals surface area contributed by atoms with Crippen molar-refractivity contribution in [2.24, 2.45) is 0 Å². The quantitative estimate of drug-likeness (QED) is 0.797. The Morgan fingerprint density at radius 1 is 1.19 bits per heavy atom. The summed E-state index contributed by atoms with van der Waals surface area (Å²) in [5, 5.41) is -0.0880. The number of hydrogen-bond donors (Lipinski definition) is 0. The van der Waals surface area contributed by atoms with Gasteiger partial charge in [0.2, 0.25) is 0 Å². The predicted molar refractivity (Wildman–Crippen MR) is 84.8 cm³/mol. The first-order chi connectivity index (χ1) is 10.1. The van der Waals surface area contributed by atoms with Gasteiger partial charge in [0.15, 0.2) is 5.65 Å². The SMILES string of the molecule is Cc1ccc2nc(C(C)Cl)n(C3CCN4CCCC34)c2n1. The molecule has 5 heteroatoms. The number of hydrogen-bond acceptors (Lipinski definition) is 3. The number of rotatable bonds is 2. The van der Waals surface area contributed by atoms with Crippen LogP contribution in [-0.2, 0) is 0 Å². The Kier molecular flexibility index (Phi) is 3.19. The molecular weight excluding hydrogens is 284 g/mol. The molecule has 0 N–H and O–H groups in total. The second-order valence-electron chi connectivity index (χ2n) is 6.35. The first-order valence-electron chi connectivity index (χ1n) is 7.89.